The fourth-order valence-electron chi connectivity index (χ4n) is 7.19. The zero-order valence-electron chi connectivity index (χ0n) is 30.5. The molecular weight excluding hydrogens is 584 g/mol. The van der Waals surface area contributed by atoms with Crippen LogP contribution < -0.4 is 0 Å². The molecule has 5 heteroatoms. The first-order chi connectivity index (χ1) is 21.7. The van der Waals surface area contributed by atoms with Crippen molar-refractivity contribution in [3.05, 3.63) is 106 Å². The first kappa shape index (κ1) is 34.8. The number of furan rings is 3. The molecular formula is C42H54O5. The van der Waals surface area contributed by atoms with Crippen LogP contribution in [-0.4, -0.2) is 17.0 Å². The monoisotopic (exact) mass is 638 g/mol. The molecule has 1 fully saturated rings. The molecule has 0 aromatic carbocycles. The van der Waals surface area contributed by atoms with Crippen LogP contribution in [0.15, 0.2) is 96.6 Å². The van der Waals surface area contributed by atoms with E-state index in [1.54, 1.807) is 12.5 Å². The fraction of sp³-hybridized carbons (Fsp3) is 0.500. The van der Waals surface area contributed by atoms with Crippen LogP contribution in [0, 0.1) is 33.5 Å². The van der Waals surface area contributed by atoms with Crippen LogP contribution >= 0.6 is 0 Å². The SMILES string of the molecule is CC(C)(C)C1=CC(=C(c2ccco2)c2ccc(C(=C3CC(C(C)(C)C)C(O)C(C(C)(C)C)C3)c3ccco3)o2)C=C(C(C)(C)C)C1=O. The van der Waals surface area contributed by atoms with Crippen molar-refractivity contribution in [2.45, 2.75) is 102 Å². The Morgan fingerprint density at radius 2 is 1.06 bits per heavy atom. The molecule has 2 atom stereocenters. The predicted molar refractivity (Wildman–Crippen MR) is 189 cm³/mol. The van der Waals surface area contributed by atoms with E-state index in [2.05, 4.69) is 83.1 Å². The summed E-state index contributed by atoms with van der Waals surface area (Å²) in [6, 6.07) is 11.7. The second kappa shape index (κ2) is 12.1. The Kier molecular flexibility index (Phi) is 8.98. The molecule has 1 N–H and O–H groups in total. The van der Waals surface area contributed by atoms with Gasteiger partial charge in [-0.15, -0.1) is 0 Å². The van der Waals surface area contributed by atoms with E-state index >= 15 is 0 Å². The van der Waals surface area contributed by atoms with Gasteiger partial charge in [0.1, 0.15) is 23.0 Å². The van der Waals surface area contributed by atoms with E-state index in [1.807, 2.05) is 48.6 Å². The normalized spacial score (nSPS) is 21.6. The molecule has 2 aliphatic rings. The lowest BCUT2D eigenvalue weighted by molar-refractivity contribution is -0.114. The Bertz CT molecular complexity index is 1660. The van der Waals surface area contributed by atoms with E-state index in [9.17, 15) is 9.90 Å². The molecule has 1 saturated carbocycles. The third-order valence-electron chi connectivity index (χ3n) is 9.96. The molecule has 0 bridgehead atoms. The zero-order valence-corrected chi connectivity index (χ0v) is 30.5. The predicted octanol–water partition coefficient (Wildman–Crippen LogP) is 11.1. The number of aliphatic hydroxyl groups excluding tert-OH is 1. The highest BCUT2D eigenvalue weighted by molar-refractivity contribution is 6.12. The third kappa shape index (κ3) is 7.02. The van der Waals surface area contributed by atoms with Crippen molar-refractivity contribution >= 4 is 16.9 Å². The van der Waals surface area contributed by atoms with Crippen molar-refractivity contribution in [1.29, 1.82) is 0 Å². The van der Waals surface area contributed by atoms with E-state index in [-0.39, 0.29) is 39.3 Å². The van der Waals surface area contributed by atoms with Gasteiger partial charge in [0.2, 0.25) is 0 Å². The fourth-order valence-corrected chi connectivity index (χ4v) is 7.19. The van der Waals surface area contributed by atoms with Crippen molar-refractivity contribution in [2.24, 2.45) is 33.5 Å². The van der Waals surface area contributed by atoms with Gasteiger partial charge in [0, 0.05) is 11.1 Å². The minimum Gasteiger partial charge on any atom is -0.464 e. The van der Waals surface area contributed by atoms with Gasteiger partial charge in [-0.2, -0.15) is 0 Å². The summed E-state index contributed by atoms with van der Waals surface area (Å²) in [4.78, 5) is 13.8. The first-order valence-electron chi connectivity index (χ1n) is 17.0. The van der Waals surface area contributed by atoms with Gasteiger partial charge in [-0.25, -0.2) is 0 Å². The maximum atomic E-state index is 13.8. The Morgan fingerprint density at radius 1 is 0.638 bits per heavy atom. The number of ketones is 1. The van der Waals surface area contributed by atoms with Crippen LogP contribution in [0.5, 0.6) is 0 Å². The van der Waals surface area contributed by atoms with Crippen LogP contribution in [0.4, 0.5) is 0 Å². The number of aliphatic hydroxyl groups is 1. The molecule has 0 saturated heterocycles. The Balaban J connectivity index is 1.75. The number of hydrogen-bond acceptors (Lipinski definition) is 5. The van der Waals surface area contributed by atoms with Crippen molar-refractivity contribution in [3.63, 3.8) is 0 Å². The summed E-state index contributed by atoms with van der Waals surface area (Å²) in [6.45, 7) is 25.8. The standard InChI is InChI=1S/C42H54O5/c1-39(2,3)27-21-25(22-28(37(27)43)40(4,5)6)35(31-15-13-19-45-31)33-17-18-34(47-33)36(32-16-14-20-46-32)26-23-29(41(7,8)9)38(44)30(24-26)42(10,11)12/h13-22,29-30,38,44H,23-24H2,1-12H3. The van der Waals surface area contributed by atoms with Crippen molar-refractivity contribution in [2.75, 3.05) is 0 Å². The Hall–Kier alpha value is -3.57. The summed E-state index contributed by atoms with van der Waals surface area (Å²) in [6.07, 6.45) is 8.45. The van der Waals surface area contributed by atoms with Crippen LogP contribution in [0.3, 0.4) is 0 Å². The maximum Gasteiger partial charge on any atom is 0.186 e. The van der Waals surface area contributed by atoms with Crippen LogP contribution in [-0.2, 0) is 4.79 Å². The molecule has 5 nitrogen and oxygen atoms in total. The molecule has 2 aliphatic carbocycles. The van der Waals surface area contributed by atoms with Crippen LogP contribution in [0.2, 0.25) is 0 Å². The number of allylic oxidation sites excluding steroid dienone is 6. The van der Waals surface area contributed by atoms with Crippen molar-refractivity contribution in [3.8, 4) is 0 Å². The number of carbonyl (C=O) groups is 1. The first-order valence-corrected chi connectivity index (χ1v) is 17.0. The average Bonchev–Trinajstić information content (AvgIpc) is 3.72. The van der Waals surface area contributed by atoms with E-state index in [4.69, 9.17) is 13.3 Å². The van der Waals surface area contributed by atoms with Gasteiger partial charge in [0.05, 0.1) is 29.8 Å². The molecule has 3 heterocycles. The topological polar surface area (TPSA) is 76.7 Å². The van der Waals surface area contributed by atoms with Gasteiger partial charge in [0.15, 0.2) is 5.78 Å². The number of rotatable bonds is 4. The third-order valence-corrected chi connectivity index (χ3v) is 9.96. The lowest BCUT2D eigenvalue weighted by Gasteiger charge is -2.48. The molecule has 252 valence electrons. The lowest BCUT2D eigenvalue weighted by atomic mass is 9.59. The second-order valence-electron chi connectivity index (χ2n) is 17.7. The van der Waals surface area contributed by atoms with Gasteiger partial charge in [-0.05, 0) is 100 Å². The summed E-state index contributed by atoms with van der Waals surface area (Å²) in [5.74, 6) is 2.98. The Labute approximate surface area is 281 Å². The summed E-state index contributed by atoms with van der Waals surface area (Å²) in [5, 5.41) is 11.7. The smallest absolute Gasteiger partial charge is 0.186 e. The van der Waals surface area contributed by atoms with Crippen LogP contribution in [0.1, 0.15) is 119 Å². The molecule has 5 rings (SSSR count). The molecule has 0 radical (unpaired) electrons. The van der Waals surface area contributed by atoms with E-state index < -0.39 is 6.10 Å². The summed E-state index contributed by atoms with van der Waals surface area (Å²) >= 11 is 0. The Morgan fingerprint density at radius 3 is 1.45 bits per heavy atom. The van der Waals surface area contributed by atoms with E-state index in [0.717, 1.165) is 46.5 Å². The largest absolute Gasteiger partial charge is 0.464 e. The minimum atomic E-state index is -0.416. The minimum absolute atomic E-state index is 0.0670. The lowest BCUT2D eigenvalue weighted by Crippen LogP contribution is -2.46. The van der Waals surface area contributed by atoms with E-state index in [0.29, 0.717) is 17.3 Å². The van der Waals surface area contributed by atoms with Crippen molar-refractivity contribution < 1.29 is 23.2 Å². The van der Waals surface area contributed by atoms with Gasteiger partial charge in [0.25, 0.3) is 0 Å². The quantitative estimate of drug-likeness (QED) is 0.308. The molecule has 3 aromatic heterocycles. The number of Topliss-reactive ketones (excluding diaryl/α,β-unsaturated/α-hetero) is 1. The van der Waals surface area contributed by atoms with Gasteiger partial charge in [-0.1, -0.05) is 88.7 Å². The van der Waals surface area contributed by atoms with E-state index in [1.165, 1.54) is 5.57 Å². The van der Waals surface area contributed by atoms with Gasteiger partial charge >= 0.3 is 0 Å². The molecule has 0 amide bonds. The highest BCUT2D eigenvalue weighted by Crippen LogP contribution is 2.51. The molecule has 2 unspecified atom stereocenters. The molecule has 0 aliphatic heterocycles. The molecule has 47 heavy (non-hydrogen) atoms. The number of carbonyl (C=O) groups excluding carboxylic acids is 1. The highest BCUT2D eigenvalue weighted by atomic mass is 16.4. The van der Waals surface area contributed by atoms with Crippen LogP contribution in [0.25, 0.3) is 11.1 Å². The molecule has 0 spiro atoms. The number of hydrogen-bond donors (Lipinski definition) is 1. The zero-order chi connectivity index (χ0) is 34.7. The molecule has 3 aromatic rings. The second-order valence-corrected chi connectivity index (χ2v) is 17.7. The van der Waals surface area contributed by atoms with Gasteiger partial charge in [-0.3, -0.25) is 4.79 Å². The maximum absolute atomic E-state index is 13.8. The summed E-state index contributed by atoms with van der Waals surface area (Å²) < 4.78 is 19.0. The van der Waals surface area contributed by atoms with Crippen molar-refractivity contribution in [1.82, 2.24) is 0 Å². The average molecular weight is 639 g/mol. The highest BCUT2D eigenvalue weighted by Gasteiger charge is 2.45. The van der Waals surface area contributed by atoms with Gasteiger partial charge < -0.3 is 18.4 Å². The summed E-state index contributed by atoms with van der Waals surface area (Å²) in [7, 11) is 0. The summed E-state index contributed by atoms with van der Waals surface area (Å²) in [5.41, 5.74) is 4.46.